The second-order valence-corrected chi connectivity index (χ2v) is 11.7. The van der Waals surface area contributed by atoms with Crippen LogP contribution < -0.4 is 4.90 Å². The maximum atomic E-state index is 12.1. The van der Waals surface area contributed by atoms with Crippen LogP contribution in [0.3, 0.4) is 0 Å². The highest BCUT2D eigenvalue weighted by molar-refractivity contribution is 5.99. The number of carbonyl (C=O) groups excluding carboxylic acids is 1. The molecule has 0 radical (unpaired) electrons. The highest BCUT2D eigenvalue weighted by atomic mass is 16.2. The first-order chi connectivity index (χ1) is 17.2. The van der Waals surface area contributed by atoms with Gasteiger partial charge in [0.25, 0.3) is 0 Å². The zero-order valence-electron chi connectivity index (χ0n) is 21.5. The van der Waals surface area contributed by atoms with Gasteiger partial charge in [-0.2, -0.15) is 10.4 Å². The van der Waals surface area contributed by atoms with Crippen molar-refractivity contribution in [1.29, 1.82) is 5.26 Å². The lowest BCUT2D eigenvalue weighted by molar-refractivity contribution is -0.138. The summed E-state index contributed by atoms with van der Waals surface area (Å²) < 4.78 is 0. The summed E-state index contributed by atoms with van der Waals surface area (Å²) in [6.07, 6.45) is 6.04. The molecule has 2 fully saturated rings. The van der Waals surface area contributed by atoms with Gasteiger partial charge in [0.05, 0.1) is 11.7 Å². The first-order valence-corrected chi connectivity index (χ1v) is 12.7. The number of amides is 1. The SMILES string of the molecule is C=CC(=O)N1CC2(CCN(c3nc4c(c(-c5c(C)ccc6[nH]ncc56)c3C#N)CC(C)(C)C4)C2C)C1. The van der Waals surface area contributed by atoms with E-state index in [0.29, 0.717) is 5.56 Å². The molecular formula is C29H32N6O. The van der Waals surface area contributed by atoms with E-state index in [1.54, 1.807) is 0 Å². The molecule has 1 aromatic carbocycles. The number of rotatable bonds is 3. The van der Waals surface area contributed by atoms with E-state index in [4.69, 9.17) is 4.98 Å². The van der Waals surface area contributed by atoms with Crippen molar-refractivity contribution in [2.24, 2.45) is 10.8 Å². The zero-order valence-corrected chi connectivity index (χ0v) is 21.5. The van der Waals surface area contributed by atoms with Crippen LogP contribution in [0.1, 0.15) is 49.6 Å². The molecule has 2 saturated heterocycles. The first kappa shape index (κ1) is 22.8. The number of anilines is 1. The van der Waals surface area contributed by atoms with Crippen LogP contribution in [0.25, 0.3) is 22.0 Å². The molecule has 36 heavy (non-hydrogen) atoms. The third kappa shape index (κ3) is 3.13. The fourth-order valence-corrected chi connectivity index (χ4v) is 6.82. The second-order valence-electron chi connectivity index (χ2n) is 11.7. The van der Waals surface area contributed by atoms with Gasteiger partial charge in [-0.3, -0.25) is 9.89 Å². The third-order valence-corrected chi connectivity index (χ3v) is 8.83. The number of likely N-dealkylation sites (tertiary alicyclic amines) is 1. The van der Waals surface area contributed by atoms with Gasteiger partial charge in [0.1, 0.15) is 17.5 Å². The Morgan fingerprint density at radius 2 is 2.06 bits per heavy atom. The van der Waals surface area contributed by atoms with Gasteiger partial charge in [0, 0.05) is 47.7 Å². The van der Waals surface area contributed by atoms with Crippen LogP contribution in [0.5, 0.6) is 0 Å². The largest absolute Gasteiger partial charge is 0.352 e. The standard InChI is InChI=1S/C29H32N6O/c1-6-24(36)34-15-29(16-34)9-10-35(18(29)3)27-20(13-30)26(19-11-28(4,5)12-23(19)32-27)25-17(2)7-8-22-21(25)14-31-33-22/h6-8,14,18H,1,9-12,15-16H2,2-5H3,(H,31,33). The van der Waals surface area contributed by atoms with Crippen molar-refractivity contribution in [2.45, 2.75) is 53.0 Å². The predicted octanol–water partition coefficient (Wildman–Crippen LogP) is 4.54. The highest BCUT2D eigenvalue weighted by Crippen LogP contribution is 2.50. The predicted molar refractivity (Wildman–Crippen MR) is 141 cm³/mol. The van der Waals surface area contributed by atoms with Crippen molar-refractivity contribution in [3.63, 3.8) is 0 Å². The molecule has 0 saturated carbocycles. The van der Waals surface area contributed by atoms with Gasteiger partial charge in [-0.05, 0) is 67.4 Å². The number of H-pyrrole nitrogens is 1. The summed E-state index contributed by atoms with van der Waals surface area (Å²) in [4.78, 5) is 21.5. The third-order valence-electron chi connectivity index (χ3n) is 8.83. The molecule has 0 bridgehead atoms. The maximum absolute atomic E-state index is 12.1. The number of hydrogen-bond donors (Lipinski definition) is 1. The van der Waals surface area contributed by atoms with Crippen molar-refractivity contribution < 1.29 is 4.79 Å². The molecular weight excluding hydrogens is 448 g/mol. The Balaban J connectivity index is 1.52. The fourth-order valence-electron chi connectivity index (χ4n) is 6.82. The van der Waals surface area contributed by atoms with E-state index in [1.165, 1.54) is 11.6 Å². The number of aryl methyl sites for hydroxylation is 1. The van der Waals surface area contributed by atoms with E-state index >= 15 is 0 Å². The summed E-state index contributed by atoms with van der Waals surface area (Å²) in [6.45, 7) is 14.8. The first-order valence-electron chi connectivity index (χ1n) is 12.7. The molecule has 2 aliphatic heterocycles. The van der Waals surface area contributed by atoms with Gasteiger partial charge in [-0.1, -0.05) is 26.5 Å². The number of aromatic nitrogens is 3. The molecule has 7 nitrogen and oxygen atoms in total. The summed E-state index contributed by atoms with van der Waals surface area (Å²) in [5.41, 5.74) is 7.30. The molecule has 4 heterocycles. The van der Waals surface area contributed by atoms with E-state index in [-0.39, 0.29) is 22.8 Å². The molecule has 1 atom stereocenters. The Morgan fingerprint density at radius 3 is 2.78 bits per heavy atom. The van der Waals surface area contributed by atoms with Crippen molar-refractivity contribution >= 4 is 22.6 Å². The Hall–Kier alpha value is -3.66. The van der Waals surface area contributed by atoms with Gasteiger partial charge >= 0.3 is 0 Å². The Morgan fingerprint density at radius 1 is 1.28 bits per heavy atom. The molecule has 7 heteroatoms. The Labute approximate surface area is 211 Å². The van der Waals surface area contributed by atoms with Gasteiger partial charge in [0.2, 0.25) is 5.91 Å². The number of aromatic amines is 1. The monoisotopic (exact) mass is 480 g/mol. The molecule has 1 unspecified atom stereocenters. The fraction of sp³-hybridized carbons (Fsp3) is 0.448. The average Bonchev–Trinajstić information content (AvgIpc) is 3.50. The molecule has 1 spiro atoms. The lowest BCUT2D eigenvalue weighted by atomic mass is 9.74. The minimum atomic E-state index is -0.00663. The van der Waals surface area contributed by atoms with Gasteiger partial charge in [-0.15, -0.1) is 0 Å². The number of nitriles is 1. The van der Waals surface area contributed by atoms with Crippen LogP contribution in [0, 0.1) is 29.1 Å². The lowest BCUT2D eigenvalue weighted by Gasteiger charge is -2.51. The average molecular weight is 481 g/mol. The number of fused-ring (bicyclic) bond motifs is 2. The van der Waals surface area contributed by atoms with E-state index in [0.717, 1.165) is 78.0 Å². The normalized spacial score (nSPS) is 21.5. The van der Waals surface area contributed by atoms with Crippen LogP contribution in [-0.4, -0.2) is 51.7 Å². The van der Waals surface area contributed by atoms with Crippen LogP contribution in [0.15, 0.2) is 31.0 Å². The molecule has 1 aliphatic carbocycles. The summed E-state index contributed by atoms with van der Waals surface area (Å²) >= 11 is 0. The second kappa shape index (κ2) is 7.67. The number of pyridine rings is 1. The lowest BCUT2D eigenvalue weighted by Crippen LogP contribution is -2.62. The van der Waals surface area contributed by atoms with Crippen molar-refractivity contribution in [2.75, 3.05) is 24.5 Å². The van der Waals surface area contributed by atoms with Crippen molar-refractivity contribution in [3.8, 4) is 17.2 Å². The Bertz CT molecular complexity index is 1470. The molecule has 2 aromatic heterocycles. The summed E-state index contributed by atoms with van der Waals surface area (Å²) in [6, 6.07) is 6.93. The van der Waals surface area contributed by atoms with E-state index in [2.05, 4.69) is 67.6 Å². The van der Waals surface area contributed by atoms with Gasteiger partial charge in [0.15, 0.2) is 0 Å². The summed E-state index contributed by atoms with van der Waals surface area (Å²) in [5.74, 6) is 0.787. The Kier molecular flexibility index (Phi) is 4.85. The van der Waals surface area contributed by atoms with Crippen LogP contribution in [-0.2, 0) is 17.6 Å². The number of nitrogens with one attached hydrogen (secondary N) is 1. The van der Waals surface area contributed by atoms with E-state index in [9.17, 15) is 10.1 Å². The van der Waals surface area contributed by atoms with Crippen LogP contribution in [0.2, 0.25) is 0 Å². The number of hydrogen-bond acceptors (Lipinski definition) is 5. The van der Waals surface area contributed by atoms with E-state index in [1.807, 2.05) is 11.1 Å². The van der Waals surface area contributed by atoms with E-state index < -0.39 is 0 Å². The minimum Gasteiger partial charge on any atom is -0.352 e. The topological polar surface area (TPSA) is 88.9 Å². The molecule has 3 aromatic rings. The summed E-state index contributed by atoms with van der Waals surface area (Å²) in [7, 11) is 0. The van der Waals surface area contributed by atoms with Crippen LogP contribution >= 0.6 is 0 Å². The van der Waals surface area contributed by atoms with Gasteiger partial charge < -0.3 is 9.80 Å². The van der Waals surface area contributed by atoms with Crippen molar-refractivity contribution in [1.82, 2.24) is 20.1 Å². The van der Waals surface area contributed by atoms with Crippen molar-refractivity contribution in [3.05, 3.63) is 53.4 Å². The highest BCUT2D eigenvalue weighted by Gasteiger charge is 2.54. The molecule has 184 valence electrons. The molecule has 1 amide bonds. The van der Waals surface area contributed by atoms with Gasteiger partial charge in [-0.25, -0.2) is 4.98 Å². The molecule has 1 N–H and O–H groups in total. The number of carbonyl (C=O) groups is 1. The molecule has 3 aliphatic rings. The zero-order chi connectivity index (χ0) is 25.4. The smallest absolute Gasteiger partial charge is 0.245 e. The minimum absolute atomic E-state index is 0.00663. The maximum Gasteiger partial charge on any atom is 0.245 e. The number of nitrogens with zero attached hydrogens (tertiary/aromatic N) is 5. The quantitative estimate of drug-likeness (QED) is 0.556. The number of benzene rings is 1. The molecule has 6 rings (SSSR count). The summed E-state index contributed by atoms with van der Waals surface area (Å²) in [5, 5.41) is 19.1. The van der Waals surface area contributed by atoms with Crippen LogP contribution in [0.4, 0.5) is 5.82 Å².